The fraction of sp³-hybridized carbons (Fsp3) is 0.357. The summed E-state index contributed by atoms with van der Waals surface area (Å²) in [5.74, 6) is -1.30. The van der Waals surface area contributed by atoms with Crippen molar-refractivity contribution in [1.82, 2.24) is 5.32 Å². The molecule has 0 radical (unpaired) electrons. The van der Waals surface area contributed by atoms with E-state index in [1.54, 1.807) is 24.3 Å². The molecule has 21 heavy (non-hydrogen) atoms. The van der Waals surface area contributed by atoms with E-state index < -0.39 is 23.9 Å². The van der Waals surface area contributed by atoms with Gasteiger partial charge in [0.1, 0.15) is 12.3 Å². The smallest absolute Gasteiger partial charge is 0.347 e. The van der Waals surface area contributed by atoms with Gasteiger partial charge in [-0.25, -0.2) is 4.79 Å². The van der Waals surface area contributed by atoms with Crippen LogP contribution in [0.2, 0.25) is 0 Å². The van der Waals surface area contributed by atoms with Crippen LogP contribution in [0.5, 0.6) is 5.75 Å². The van der Waals surface area contributed by atoms with Gasteiger partial charge in [-0.05, 0) is 12.1 Å². The van der Waals surface area contributed by atoms with Crippen molar-refractivity contribution in [1.29, 1.82) is 0 Å². The summed E-state index contributed by atoms with van der Waals surface area (Å²) in [5, 5.41) is 2.42. The van der Waals surface area contributed by atoms with E-state index in [9.17, 15) is 14.4 Å². The molecule has 1 saturated heterocycles. The minimum atomic E-state index is -0.874. The molecule has 7 heteroatoms. The predicted octanol–water partition coefficient (Wildman–Crippen LogP) is 0.284. The number of esters is 2. The van der Waals surface area contributed by atoms with Crippen LogP contribution in [0.3, 0.4) is 0 Å². The highest BCUT2D eigenvalue weighted by Gasteiger charge is 2.30. The highest BCUT2D eigenvalue weighted by molar-refractivity contribution is 5.98. The summed E-state index contributed by atoms with van der Waals surface area (Å²) in [5.41, 5.74) is 0.313. The van der Waals surface area contributed by atoms with Gasteiger partial charge in [-0.3, -0.25) is 9.59 Å². The Morgan fingerprint density at radius 2 is 2.14 bits per heavy atom. The molecule has 1 atom stereocenters. The summed E-state index contributed by atoms with van der Waals surface area (Å²) < 4.78 is 14.6. The molecule has 1 aliphatic rings. The van der Waals surface area contributed by atoms with Gasteiger partial charge in [0.25, 0.3) is 5.91 Å². The molecular weight excluding hydrogens is 278 g/mol. The average molecular weight is 293 g/mol. The van der Waals surface area contributed by atoms with E-state index in [-0.39, 0.29) is 13.2 Å². The lowest BCUT2D eigenvalue weighted by Crippen LogP contribution is -2.33. The summed E-state index contributed by atoms with van der Waals surface area (Å²) in [7, 11) is 1.45. The zero-order valence-corrected chi connectivity index (χ0v) is 11.5. The quantitative estimate of drug-likeness (QED) is 0.784. The van der Waals surface area contributed by atoms with Crippen LogP contribution >= 0.6 is 0 Å². The molecule has 2 rings (SSSR count). The molecule has 1 aliphatic heterocycles. The van der Waals surface area contributed by atoms with Gasteiger partial charge in [0.15, 0.2) is 0 Å². The van der Waals surface area contributed by atoms with Crippen LogP contribution in [0, 0.1) is 0 Å². The van der Waals surface area contributed by atoms with E-state index in [2.05, 4.69) is 10.1 Å². The number of amides is 1. The van der Waals surface area contributed by atoms with Gasteiger partial charge in [0.05, 0.1) is 19.3 Å². The molecule has 0 unspecified atom stereocenters. The van der Waals surface area contributed by atoms with Gasteiger partial charge < -0.3 is 19.5 Å². The Labute approximate surface area is 121 Å². The number of hydrogen-bond acceptors (Lipinski definition) is 6. The van der Waals surface area contributed by atoms with Gasteiger partial charge in [-0.15, -0.1) is 0 Å². The van der Waals surface area contributed by atoms with Crippen LogP contribution in [-0.2, 0) is 19.1 Å². The molecule has 0 saturated carbocycles. The van der Waals surface area contributed by atoms with E-state index >= 15 is 0 Å². The summed E-state index contributed by atoms with van der Waals surface area (Å²) >= 11 is 0. The number of benzene rings is 1. The number of ether oxygens (including phenoxy) is 3. The largest absolute Gasteiger partial charge is 0.496 e. The van der Waals surface area contributed by atoms with E-state index in [4.69, 9.17) is 9.47 Å². The third-order valence-corrected chi connectivity index (χ3v) is 2.91. The summed E-state index contributed by atoms with van der Waals surface area (Å²) in [6.07, 6.45) is -0.536. The van der Waals surface area contributed by atoms with Gasteiger partial charge in [0.2, 0.25) is 6.10 Å². The molecule has 1 heterocycles. The molecule has 1 amide bonds. The highest BCUT2D eigenvalue weighted by atomic mass is 16.6. The van der Waals surface area contributed by atoms with Crippen LogP contribution in [0.25, 0.3) is 0 Å². The van der Waals surface area contributed by atoms with E-state index in [1.807, 2.05) is 0 Å². The van der Waals surface area contributed by atoms with Gasteiger partial charge in [0, 0.05) is 6.42 Å². The monoisotopic (exact) mass is 293 g/mol. The first kappa shape index (κ1) is 14.8. The Morgan fingerprint density at radius 1 is 1.38 bits per heavy atom. The molecule has 1 N–H and O–H groups in total. The third kappa shape index (κ3) is 3.71. The molecule has 1 aromatic rings. The van der Waals surface area contributed by atoms with Crippen molar-refractivity contribution in [2.45, 2.75) is 12.5 Å². The number of nitrogens with one attached hydrogen (secondary N) is 1. The van der Waals surface area contributed by atoms with Crippen LogP contribution < -0.4 is 10.1 Å². The zero-order chi connectivity index (χ0) is 15.2. The zero-order valence-electron chi connectivity index (χ0n) is 11.5. The number of carbonyl (C=O) groups is 3. The third-order valence-electron chi connectivity index (χ3n) is 2.91. The first-order chi connectivity index (χ1) is 10.1. The Bertz CT molecular complexity index is 556. The Morgan fingerprint density at radius 3 is 2.81 bits per heavy atom. The maximum absolute atomic E-state index is 11.9. The Balaban J connectivity index is 1.86. The normalized spacial score (nSPS) is 17.0. The summed E-state index contributed by atoms with van der Waals surface area (Å²) in [6, 6.07) is 6.63. The molecule has 0 aliphatic carbocycles. The minimum Gasteiger partial charge on any atom is -0.496 e. The maximum atomic E-state index is 11.9. The molecular formula is C14H15NO6. The lowest BCUT2D eigenvalue weighted by molar-refractivity contribution is -0.159. The number of carbonyl (C=O) groups excluding carboxylic acids is 3. The summed E-state index contributed by atoms with van der Waals surface area (Å²) in [4.78, 5) is 34.6. The molecule has 1 fully saturated rings. The standard InChI is InChI=1S/C14H15NO6/c1-19-10-5-3-2-4-9(10)13(17)15-8-12(16)21-11-6-7-20-14(11)18/h2-5,11H,6-8H2,1H3,(H,15,17)/t11-/m0/s1. The average Bonchev–Trinajstić information content (AvgIpc) is 2.90. The minimum absolute atomic E-state index is 0.240. The van der Waals surface area contributed by atoms with Crippen LogP contribution in [0.15, 0.2) is 24.3 Å². The first-order valence-corrected chi connectivity index (χ1v) is 6.39. The predicted molar refractivity (Wildman–Crippen MR) is 70.8 cm³/mol. The van der Waals surface area contributed by atoms with E-state index in [0.29, 0.717) is 17.7 Å². The number of hydrogen-bond donors (Lipinski definition) is 1. The number of para-hydroxylation sites is 1. The number of cyclic esters (lactones) is 1. The second-order valence-corrected chi connectivity index (χ2v) is 4.32. The second-order valence-electron chi connectivity index (χ2n) is 4.32. The SMILES string of the molecule is COc1ccccc1C(=O)NCC(=O)O[C@H]1CCOC1=O. The number of methoxy groups -OCH3 is 1. The summed E-state index contributed by atoms with van der Waals surface area (Å²) in [6.45, 7) is -0.0922. The fourth-order valence-corrected chi connectivity index (χ4v) is 1.86. The lowest BCUT2D eigenvalue weighted by atomic mass is 10.2. The van der Waals surface area contributed by atoms with Crippen molar-refractivity contribution in [2.24, 2.45) is 0 Å². The van der Waals surface area contributed by atoms with Crippen molar-refractivity contribution >= 4 is 17.8 Å². The van der Waals surface area contributed by atoms with Crippen molar-refractivity contribution in [3.8, 4) is 5.75 Å². The van der Waals surface area contributed by atoms with Gasteiger partial charge >= 0.3 is 11.9 Å². The van der Waals surface area contributed by atoms with Crippen LogP contribution in [0.4, 0.5) is 0 Å². The van der Waals surface area contributed by atoms with Crippen molar-refractivity contribution < 1.29 is 28.6 Å². The van der Waals surface area contributed by atoms with Crippen LogP contribution in [0.1, 0.15) is 16.8 Å². The first-order valence-electron chi connectivity index (χ1n) is 6.39. The Hall–Kier alpha value is -2.57. The topological polar surface area (TPSA) is 90.9 Å². The Kier molecular flexibility index (Phi) is 4.76. The lowest BCUT2D eigenvalue weighted by Gasteiger charge is -2.10. The molecule has 1 aromatic carbocycles. The molecule has 0 spiro atoms. The van der Waals surface area contributed by atoms with E-state index in [0.717, 1.165) is 0 Å². The second kappa shape index (κ2) is 6.74. The molecule has 7 nitrogen and oxygen atoms in total. The fourth-order valence-electron chi connectivity index (χ4n) is 1.86. The van der Waals surface area contributed by atoms with Crippen molar-refractivity contribution in [3.05, 3.63) is 29.8 Å². The highest BCUT2D eigenvalue weighted by Crippen LogP contribution is 2.16. The molecule has 0 aromatic heterocycles. The van der Waals surface area contributed by atoms with Gasteiger partial charge in [-0.1, -0.05) is 12.1 Å². The molecule has 0 bridgehead atoms. The maximum Gasteiger partial charge on any atom is 0.347 e. The molecule has 112 valence electrons. The van der Waals surface area contributed by atoms with Crippen molar-refractivity contribution in [2.75, 3.05) is 20.3 Å². The number of rotatable bonds is 5. The van der Waals surface area contributed by atoms with Gasteiger partial charge in [-0.2, -0.15) is 0 Å². The van der Waals surface area contributed by atoms with Crippen molar-refractivity contribution in [3.63, 3.8) is 0 Å². The van der Waals surface area contributed by atoms with E-state index in [1.165, 1.54) is 7.11 Å². The van der Waals surface area contributed by atoms with Crippen LogP contribution in [-0.4, -0.2) is 44.2 Å².